The number of nitrogens with two attached hydrogens (primary N) is 1. The second kappa shape index (κ2) is 4.03. The molecule has 84 valence electrons. The average Bonchev–Trinajstić information content (AvgIpc) is 2.91. The van der Waals surface area contributed by atoms with Crippen LogP contribution in [0.1, 0.15) is 17.5 Å². The van der Waals surface area contributed by atoms with Crippen molar-refractivity contribution in [2.24, 2.45) is 5.73 Å². The Morgan fingerprint density at radius 1 is 1.06 bits per heavy atom. The van der Waals surface area contributed by atoms with Crippen LogP contribution in [0.4, 0.5) is 0 Å². The minimum Gasteiger partial charge on any atom is -0.467 e. The van der Waals surface area contributed by atoms with E-state index in [1.807, 2.05) is 36.4 Å². The predicted molar refractivity (Wildman–Crippen MR) is 66.5 cm³/mol. The lowest BCUT2D eigenvalue weighted by Gasteiger charge is -2.11. The van der Waals surface area contributed by atoms with Crippen molar-refractivity contribution in [2.75, 3.05) is 0 Å². The number of nitrogens with zero attached hydrogens (tertiary/aromatic N) is 1. The Morgan fingerprint density at radius 2 is 1.94 bits per heavy atom. The molecular formula is C14H12N2O. The standard InChI is InChI=1S/C14H12N2O/c15-13(12-6-3-9-17-12)14-11-5-2-1-4-10(11)7-8-16-14/h1-9,13H,15H2. The van der Waals surface area contributed by atoms with Gasteiger partial charge >= 0.3 is 0 Å². The second-order valence-electron chi connectivity index (χ2n) is 3.91. The van der Waals surface area contributed by atoms with Gasteiger partial charge in [0.25, 0.3) is 0 Å². The summed E-state index contributed by atoms with van der Waals surface area (Å²) in [5, 5.41) is 2.21. The molecule has 3 rings (SSSR count). The van der Waals surface area contributed by atoms with E-state index in [4.69, 9.17) is 10.2 Å². The fraction of sp³-hybridized carbons (Fsp3) is 0.0714. The maximum atomic E-state index is 6.17. The third kappa shape index (κ3) is 1.70. The van der Waals surface area contributed by atoms with Crippen LogP contribution in [0.2, 0.25) is 0 Å². The minimum atomic E-state index is -0.323. The Bertz CT molecular complexity index is 626. The van der Waals surface area contributed by atoms with Gasteiger partial charge in [0.2, 0.25) is 0 Å². The second-order valence-corrected chi connectivity index (χ2v) is 3.91. The van der Waals surface area contributed by atoms with Crippen LogP contribution in [-0.2, 0) is 0 Å². The Balaban J connectivity index is 2.17. The first-order valence-electron chi connectivity index (χ1n) is 5.49. The highest BCUT2D eigenvalue weighted by molar-refractivity contribution is 5.84. The molecule has 0 aliphatic heterocycles. The van der Waals surface area contributed by atoms with Crippen molar-refractivity contribution in [3.63, 3.8) is 0 Å². The molecule has 3 aromatic rings. The van der Waals surface area contributed by atoms with Crippen LogP contribution in [0.5, 0.6) is 0 Å². The SMILES string of the molecule is NC(c1ccco1)c1nccc2ccccc12. The van der Waals surface area contributed by atoms with Crippen molar-refractivity contribution in [3.05, 3.63) is 66.4 Å². The summed E-state index contributed by atoms with van der Waals surface area (Å²) in [6.45, 7) is 0. The summed E-state index contributed by atoms with van der Waals surface area (Å²) in [5.74, 6) is 0.730. The molecule has 17 heavy (non-hydrogen) atoms. The zero-order valence-corrected chi connectivity index (χ0v) is 9.21. The average molecular weight is 224 g/mol. The Morgan fingerprint density at radius 3 is 2.76 bits per heavy atom. The zero-order valence-electron chi connectivity index (χ0n) is 9.21. The Kier molecular flexibility index (Phi) is 2.38. The van der Waals surface area contributed by atoms with Gasteiger partial charge in [-0.25, -0.2) is 0 Å². The first-order valence-corrected chi connectivity index (χ1v) is 5.49. The number of fused-ring (bicyclic) bond motifs is 1. The first-order chi connectivity index (χ1) is 8.36. The lowest BCUT2D eigenvalue weighted by atomic mass is 10.0. The third-order valence-electron chi connectivity index (χ3n) is 2.85. The van der Waals surface area contributed by atoms with E-state index in [9.17, 15) is 0 Å². The number of aromatic nitrogens is 1. The number of hydrogen-bond acceptors (Lipinski definition) is 3. The maximum absolute atomic E-state index is 6.17. The molecule has 0 aliphatic rings. The molecule has 2 N–H and O–H groups in total. The zero-order chi connectivity index (χ0) is 11.7. The van der Waals surface area contributed by atoms with Gasteiger partial charge < -0.3 is 10.2 Å². The van der Waals surface area contributed by atoms with Gasteiger partial charge in [-0.3, -0.25) is 4.98 Å². The highest BCUT2D eigenvalue weighted by Crippen LogP contribution is 2.25. The molecule has 3 nitrogen and oxygen atoms in total. The van der Waals surface area contributed by atoms with E-state index in [0.717, 1.165) is 22.2 Å². The number of benzene rings is 1. The molecule has 0 radical (unpaired) electrons. The van der Waals surface area contributed by atoms with E-state index in [-0.39, 0.29) is 6.04 Å². The molecule has 1 unspecified atom stereocenters. The molecule has 0 spiro atoms. The van der Waals surface area contributed by atoms with Gasteiger partial charge in [0.1, 0.15) is 11.8 Å². The molecule has 2 heterocycles. The summed E-state index contributed by atoms with van der Waals surface area (Å²) < 4.78 is 5.33. The number of furan rings is 1. The molecular weight excluding hydrogens is 212 g/mol. The fourth-order valence-corrected chi connectivity index (χ4v) is 1.99. The number of hydrogen-bond donors (Lipinski definition) is 1. The normalized spacial score (nSPS) is 12.8. The van der Waals surface area contributed by atoms with Crippen molar-refractivity contribution in [2.45, 2.75) is 6.04 Å². The largest absolute Gasteiger partial charge is 0.467 e. The third-order valence-corrected chi connectivity index (χ3v) is 2.85. The van der Waals surface area contributed by atoms with Crippen molar-refractivity contribution < 1.29 is 4.42 Å². The van der Waals surface area contributed by atoms with Crippen molar-refractivity contribution in [3.8, 4) is 0 Å². The van der Waals surface area contributed by atoms with Gasteiger partial charge in [0.05, 0.1) is 12.0 Å². The smallest absolute Gasteiger partial charge is 0.126 e. The van der Waals surface area contributed by atoms with E-state index in [0.29, 0.717) is 0 Å². The quantitative estimate of drug-likeness (QED) is 0.728. The molecule has 0 saturated carbocycles. The topological polar surface area (TPSA) is 52.0 Å². The fourth-order valence-electron chi connectivity index (χ4n) is 1.99. The first kappa shape index (κ1) is 10.1. The van der Waals surface area contributed by atoms with Gasteiger partial charge in [-0.2, -0.15) is 0 Å². The van der Waals surface area contributed by atoms with Crippen LogP contribution in [0.3, 0.4) is 0 Å². The van der Waals surface area contributed by atoms with Gasteiger partial charge in [-0.15, -0.1) is 0 Å². The van der Waals surface area contributed by atoms with Crippen LogP contribution < -0.4 is 5.73 Å². The Labute approximate surface area is 98.9 Å². The molecule has 3 heteroatoms. The maximum Gasteiger partial charge on any atom is 0.126 e. The molecule has 0 amide bonds. The monoisotopic (exact) mass is 224 g/mol. The number of rotatable bonds is 2. The van der Waals surface area contributed by atoms with Crippen molar-refractivity contribution in [1.82, 2.24) is 4.98 Å². The van der Waals surface area contributed by atoms with Crippen LogP contribution in [0.15, 0.2) is 59.3 Å². The van der Waals surface area contributed by atoms with Crippen molar-refractivity contribution >= 4 is 10.8 Å². The molecule has 0 aliphatic carbocycles. The van der Waals surface area contributed by atoms with Gasteiger partial charge in [-0.1, -0.05) is 24.3 Å². The summed E-state index contributed by atoms with van der Waals surface area (Å²) in [7, 11) is 0. The van der Waals surface area contributed by atoms with Gasteiger partial charge in [-0.05, 0) is 23.6 Å². The molecule has 0 saturated heterocycles. The molecule has 2 aromatic heterocycles. The predicted octanol–water partition coefficient (Wildman–Crippen LogP) is 2.88. The van der Waals surface area contributed by atoms with Crippen LogP contribution >= 0.6 is 0 Å². The Hall–Kier alpha value is -2.13. The number of pyridine rings is 1. The summed E-state index contributed by atoms with van der Waals surface area (Å²) >= 11 is 0. The highest BCUT2D eigenvalue weighted by atomic mass is 16.3. The highest BCUT2D eigenvalue weighted by Gasteiger charge is 2.15. The minimum absolute atomic E-state index is 0.323. The van der Waals surface area contributed by atoms with E-state index < -0.39 is 0 Å². The lowest BCUT2D eigenvalue weighted by Crippen LogP contribution is -2.13. The molecule has 0 fully saturated rings. The van der Waals surface area contributed by atoms with Gasteiger partial charge in [0.15, 0.2) is 0 Å². The van der Waals surface area contributed by atoms with Crippen LogP contribution in [-0.4, -0.2) is 4.98 Å². The van der Waals surface area contributed by atoms with Crippen LogP contribution in [0.25, 0.3) is 10.8 Å². The lowest BCUT2D eigenvalue weighted by molar-refractivity contribution is 0.487. The molecule has 1 atom stereocenters. The van der Waals surface area contributed by atoms with Crippen molar-refractivity contribution in [1.29, 1.82) is 0 Å². The van der Waals surface area contributed by atoms with E-state index in [2.05, 4.69) is 11.1 Å². The van der Waals surface area contributed by atoms with Gasteiger partial charge in [0, 0.05) is 11.6 Å². The summed E-state index contributed by atoms with van der Waals surface area (Å²) in [6, 6.07) is 13.4. The molecule has 0 bridgehead atoms. The molecule has 1 aromatic carbocycles. The van der Waals surface area contributed by atoms with E-state index >= 15 is 0 Å². The van der Waals surface area contributed by atoms with Crippen LogP contribution in [0, 0.1) is 0 Å². The summed E-state index contributed by atoms with van der Waals surface area (Å²) in [4.78, 5) is 4.38. The summed E-state index contributed by atoms with van der Waals surface area (Å²) in [6.07, 6.45) is 3.40. The van der Waals surface area contributed by atoms with E-state index in [1.165, 1.54) is 0 Å². The summed E-state index contributed by atoms with van der Waals surface area (Å²) in [5.41, 5.74) is 7.02. The van der Waals surface area contributed by atoms with E-state index in [1.54, 1.807) is 12.5 Å².